The third-order valence-electron chi connectivity index (χ3n) is 6.42. The summed E-state index contributed by atoms with van der Waals surface area (Å²) in [7, 11) is 1.84. The summed E-state index contributed by atoms with van der Waals surface area (Å²) in [6.45, 7) is 0.820. The van der Waals surface area contributed by atoms with E-state index in [1.165, 1.54) is 0 Å². The molecular formula is C28H32N10O5. The molecule has 0 spiro atoms. The zero-order chi connectivity index (χ0) is 30.9. The molecule has 1 amide bonds. The van der Waals surface area contributed by atoms with Crippen molar-refractivity contribution in [3.05, 3.63) is 77.1 Å². The minimum Gasteiger partial charge on any atom is -0.481 e. The third-order valence-corrected chi connectivity index (χ3v) is 6.42. The van der Waals surface area contributed by atoms with Gasteiger partial charge in [-0.15, -0.1) is 0 Å². The number of hydrogen-bond acceptors (Lipinski definition) is 13. The molecule has 15 heteroatoms. The number of aromatic nitrogens is 4. The molecule has 9 N–H and O–H groups in total. The number of anilines is 3. The molecule has 15 nitrogen and oxygen atoms in total. The Kier molecular flexibility index (Phi) is 9.93. The van der Waals surface area contributed by atoms with E-state index in [0.29, 0.717) is 29.9 Å². The number of nitrogens with one attached hydrogen (secondary N) is 2. The van der Waals surface area contributed by atoms with Crippen LogP contribution in [0.4, 0.5) is 17.5 Å². The highest BCUT2D eigenvalue weighted by atomic mass is 16.5. The van der Waals surface area contributed by atoms with E-state index in [2.05, 4.69) is 30.7 Å². The predicted octanol–water partition coefficient (Wildman–Crippen LogP) is 0.891. The smallest absolute Gasteiger partial charge is 0.328 e. The Hall–Kier alpha value is -5.41. The van der Waals surface area contributed by atoms with Crippen molar-refractivity contribution < 1.29 is 24.2 Å². The van der Waals surface area contributed by atoms with Gasteiger partial charge in [0.15, 0.2) is 17.0 Å². The van der Waals surface area contributed by atoms with E-state index in [1.54, 1.807) is 42.6 Å². The molecule has 0 fully saturated rings. The number of hydrazine groups is 1. The van der Waals surface area contributed by atoms with Crippen LogP contribution in [-0.2, 0) is 34.0 Å². The molecule has 2 heterocycles. The highest BCUT2D eigenvalue weighted by Crippen LogP contribution is 2.19. The standard InChI is InChI=1S/C28H32N10O5/c1-38(14-19-13-32-25-23(34-19)24(29)36-28(30)37-25)20-8-6-18(7-9-20)26(41)35-21(10-11-22(39)40)27(42)43-15-17-4-2-16(3-5-17)12-33-31/h2-9,13,21,33H,10-12,14-15,31H2,1H3,(H,35,41)(H,39,40)(H4,29,30,32,36,37). The summed E-state index contributed by atoms with van der Waals surface area (Å²) in [4.78, 5) is 55.5. The van der Waals surface area contributed by atoms with E-state index in [-0.39, 0.29) is 36.8 Å². The zero-order valence-corrected chi connectivity index (χ0v) is 23.4. The van der Waals surface area contributed by atoms with E-state index in [9.17, 15) is 14.4 Å². The lowest BCUT2D eigenvalue weighted by Crippen LogP contribution is -2.42. The minimum absolute atomic E-state index is 0.0149. The first-order valence-corrected chi connectivity index (χ1v) is 13.2. The molecule has 0 aliphatic rings. The van der Waals surface area contributed by atoms with Gasteiger partial charge in [-0.1, -0.05) is 24.3 Å². The molecular weight excluding hydrogens is 556 g/mol. The maximum absolute atomic E-state index is 13.0. The van der Waals surface area contributed by atoms with Gasteiger partial charge < -0.3 is 31.5 Å². The van der Waals surface area contributed by atoms with Crippen molar-refractivity contribution in [3.8, 4) is 0 Å². The van der Waals surface area contributed by atoms with E-state index in [4.69, 9.17) is 27.2 Å². The van der Waals surface area contributed by atoms with E-state index in [0.717, 1.165) is 16.8 Å². The lowest BCUT2D eigenvalue weighted by Gasteiger charge is -2.20. The molecule has 0 bridgehead atoms. The number of hydrogen-bond donors (Lipinski definition) is 6. The molecule has 0 radical (unpaired) electrons. The molecule has 0 aliphatic carbocycles. The molecule has 224 valence electrons. The van der Waals surface area contributed by atoms with Crippen molar-refractivity contribution >= 4 is 46.5 Å². The third kappa shape index (κ3) is 8.31. The fourth-order valence-electron chi connectivity index (χ4n) is 4.15. The van der Waals surface area contributed by atoms with Crippen molar-refractivity contribution in [1.82, 2.24) is 30.7 Å². The number of carboxylic acid groups (broad SMARTS) is 1. The van der Waals surface area contributed by atoms with Gasteiger partial charge in [0, 0.05) is 31.3 Å². The average Bonchev–Trinajstić information content (AvgIpc) is 2.99. The van der Waals surface area contributed by atoms with Crippen LogP contribution in [0.25, 0.3) is 11.2 Å². The Morgan fingerprint density at radius 3 is 2.37 bits per heavy atom. The van der Waals surface area contributed by atoms with Crippen molar-refractivity contribution in [2.24, 2.45) is 5.84 Å². The largest absolute Gasteiger partial charge is 0.481 e. The fourth-order valence-corrected chi connectivity index (χ4v) is 4.15. The number of nitrogens with two attached hydrogens (primary N) is 3. The average molecular weight is 589 g/mol. The SMILES string of the molecule is CN(Cc1cnc2nc(N)nc(N)c2n1)c1ccc(C(=O)NC(CCC(=O)O)C(=O)OCc2ccc(CNN)cc2)cc1. The van der Waals surface area contributed by atoms with E-state index in [1.807, 2.05) is 24.1 Å². The number of nitrogens with zero attached hydrogens (tertiary/aromatic N) is 5. The van der Waals surface area contributed by atoms with Gasteiger partial charge in [0.25, 0.3) is 5.91 Å². The van der Waals surface area contributed by atoms with Crippen molar-refractivity contribution in [2.45, 2.75) is 38.6 Å². The highest BCUT2D eigenvalue weighted by molar-refractivity contribution is 5.97. The Labute approximate surface area is 246 Å². The molecule has 1 atom stereocenters. The lowest BCUT2D eigenvalue weighted by atomic mass is 10.1. The Morgan fingerprint density at radius 1 is 1.00 bits per heavy atom. The van der Waals surface area contributed by atoms with Crippen molar-refractivity contribution in [2.75, 3.05) is 23.4 Å². The minimum atomic E-state index is -1.15. The topological polar surface area (TPSA) is 238 Å². The highest BCUT2D eigenvalue weighted by Gasteiger charge is 2.24. The molecule has 43 heavy (non-hydrogen) atoms. The number of fused-ring (bicyclic) bond motifs is 1. The first-order chi connectivity index (χ1) is 20.6. The first kappa shape index (κ1) is 30.5. The number of benzene rings is 2. The number of esters is 1. The van der Waals surface area contributed by atoms with E-state index < -0.39 is 23.9 Å². The summed E-state index contributed by atoms with van der Waals surface area (Å²) in [5.41, 5.74) is 18.1. The number of carbonyl (C=O) groups is 3. The van der Waals surface area contributed by atoms with Crippen LogP contribution >= 0.6 is 0 Å². The maximum Gasteiger partial charge on any atom is 0.328 e. The zero-order valence-electron chi connectivity index (χ0n) is 23.4. The Morgan fingerprint density at radius 2 is 1.70 bits per heavy atom. The monoisotopic (exact) mass is 588 g/mol. The molecule has 0 saturated heterocycles. The maximum atomic E-state index is 13.0. The van der Waals surface area contributed by atoms with Crippen LogP contribution in [0.1, 0.15) is 40.0 Å². The van der Waals surface area contributed by atoms with E-state index >= 15 is 0 Å². The lowest BCUT2D eigenvalue weighted by molar-refractivity contribution is -0.147. The summed E-state index contributed by atoms with van der Waals surface area (Å²) in [5, 5.41) is 11.7. The number of ether oxygens (including phenoxy) is 1. The molecule has 4 aromatic rings. The van der Waals surface area contributed by atoms with Crippen LogP contribution in [0.3, 0.4) is 0 Å². The van der Waals surface area contributed by atoms with Crippen LogP contribution in [0.2, 0.25) is 0 Å². The quantitative estimate of drug-likeness (QED) is 0.0722. The van der Waals surface area contributed by atoms with Gasteiger partial charge in [0.2, 0.25) is 5.95 Å². The molecule has 0 saturated carbocycles. The second-order valence-electron chi connectivity index (χ2n) is 9.67. The second-order valence-corrected chi connectivity index (χ2v) is 9.67. The Bertz CT molecular complexity index is 1600. The summed E-state index contributed by atoms with van der Waals surface area (Å²) < 4.78 is 5.38. The number of rotatable bonds is 13. The van der Waals surface area contributed by atoms with Crippen LogP contribution < -0.4 is 33.0 Å². The van der Waals surface area contributed by atoms with Gasteiger partial charge in [-0.2, -0.15) is 9.97 Å². The molecule has 1 unspecified atom stereocenters. The van der Waals surface area contributed by atoms with Gasteiger partial charge in [-0.05, 0) is 41.8 Å². The summed E-state index contributed by atoms with van der Waals surface area (Å²) in [6, 6.07) is 12.8. The molecule has 2 aromatic heterocycles. The van der Waals surface area contributed by atoms with Crippen LogP contribution in [0.15, 0.2) is 54.7 Å². The predicted molar refractivity (Wildman–Crippen MR) is 158 cm³/mol. The number of aliphatic carboxylic acids is 1. The van der Waals surface area contributed by atoms with Crippen LogP contribution in [0, 0.1) is 0 Å². The summed E-state index contributed by atoms with van der Waals surface area (Å²) in [5.74, 6) is 3.09. The van der Waals surface area contributed by atoms with Crippen molar-refractivity contribution in [3.63, 3.8) is 0 Å². The number of carboxylic acids is 1. The van der Waals surface area contributed by atoms with Gasteiger partial charge in [0.05, 0.1) is 18.4 Å². The number of carbonyl (C=O) groups excluding carboxylic acids is 2. The van der Waals surface area contributed by atoms with Crippen molar-refractivity contribution in [1.29, 1.82) is 0 Å². The van der Waals surface area contributed by atoms with Gasteiger partial charge in [0.1, 0.15) is 12.6 Å². The normalized spacial score (nSPS) is 11.6. The molecule has 4 rings (SSSR count). The van der Waals surface area contributed by atoms with Gasteiger partial charge >= 0.3 is 11.9 Å². The first-order valence-electron chi connectivity index (χ1n) is 13.2. The van der Waals surface area contributed by atoms with Gasteiger partial charge in [-0.3, -0.25) is 20.9 Å². The molecule has 0 aliphatic heterocycles. The summed E-state index contributed by atoms with van der Waals surface area (Å²) >= 11 is 0. The second kappa shape index (κ2) is 14.0. The fraction of sp³-hybridized carbons (Fsp3) is 0.250. The Balaban J connectivity index is 1.38. The molecule has 2 aromatic carbocycles. The van der Waals surface area contributed by atoms with Gasteiger partial charge in [-0.25, -0.2) is 14.8 Å². The number of nitrogen functional groups attached to an aromatic ring is 2. The summed E-state index contributed by atoms with van der Waals surface area (Å²) in [6.07, 6.45) is 1.11. The van der Waals surface area contributed by atoms with Crippen LogP contribution in [0.5, 0.6) is 0 Å². The van der Waals surface area contributed by atoms with Crippen LogP contribution in [-0.4, -0.2) is 56.0 Å². The number of amides is 1.